The smallest absolute Gasteiger partial charge is 0.253 e. The van der Waals surface area contributed by atoms with Crippen LogP contribution in [0.1, 0.15) is 25.0 Å². The minimum Gasteiger partial charge on any atom is -0.367 e. The van der Waals surface area contributed by atoms with Crippen molar-refractivity contribution in [1.82, 2.24) is 10.6 Å². The lowest BCUT2D eigenvalue weighted by Crippen LogP contribution is -2.49. The first-order valence-electron chi connectivity index (χ1n) is 6.81. The third-order valence-electron chi connectivity index (χ3n) is 3.69. The molecule has 0 aliphatic carbocycles. The number of rotatable bonds is 4. The Balaban J connectivity index is 0.00000200. The van der Waals surface area contributed by atoms with Crippen LogP contribution in [0, 0.1) is 5.92 Å². The van der Waals surface area contributed by atoms with E-state index in [1.165, 1.54) is 0 Å². The Kier molecular flexibility index (Phi) is 6.99. The van der Waals surface area contributed by atoms with Crippen molar-refractivity contribution in [2.75, 3.05) is 20.2 Å². The van der Waals surface area contributed by atoms with Gasteiger partial charge in [0.2, 0.25) is 0 Å². The molecule has 4 nitrogen and oxygen atoms in total. The maximum Gasteiger partial charge on any atom is 0.253 e. The van der Waals surface area contributed by atoms with Crippen molar-refractivity contribution in [3.8, 4) is 0 Å². The number of ether oxygens (including phenoxy) is 1. The number of methoxy groups -OCH3 is 1. The molecule has 2 rings (SSSR count). The molecular weight excluding hydrogens is 276 g/mol. The zero-order valence-corrected chi connectivity index (χ0v) is 12.8. The second kappa shape index (κ2) is 8.25. The molecule has 1 fully saturated rings. The summed E-state index contributed by atoms with van der Waals surface area (Å²) in [5.41, 5.74) is 0.893. The average molecular weight is 299 g/mol. The molecule has 3 unspecified atom stereocenters. The predicted octanol–water partition coefficient (Wildman–Crippen LogP) is 1.91. The summed E-state index contributed by atoms with van der Waals surface area (Å²) < 4.78 is 5.35. The molecule has 0 aromatic heterocycles. The highest BCUT2D eigenvalue weighted by atomic mass is 35.5. The Morgan fingerprint density at radius 2 is 2.10 bits per heavy atom. The standard InChI is InChI=1S/C15H22N2O2.ClH/c1-11-10-16-9-8-13(11)17-15(18)14(19-2)12-6-4-3-5-7-12;/h3-7,11,13-14,16H,8-10H2,1-2H3,(H,17,18);1H. The van der Waals surface area contributed by atoms with Gasteiger partial charge in [0.05, 0.1) is 0 Å². The lowest BCUT2D eigenvalue weighted by atomic mass is 9.95. The summed E-state index contributed by atoms with van der Waals surface area (Å²) in [5.74, 6) is 0.401. The second-order valence-corrected chi connectivity index (χ2v) is 5.11. The highest BCUT2D eigenvalue weighted by molar-refractivity contribution is 5.85. The quantitative estimate of drug-likeness (QED) is 0.893. The molecule has 112 valence electrons. The summed E-state index contributed by atoms with van der Waals surface area (Å²) in [6.07, 6.45) is 0.446. The van der Waals surface area contributed by atoms with E-state index in [9.17, 15) is 4.79 Å². The molecule has 20 heavy (non-hydrogen) atoms. The fourth-order valence-electron chi connectivity index (χ4n) is 2.51. The van der Waals surface area contributed by atoms with Crippen LogP contribution in [0.15, 0.2) is 30.3 Å². The zero-order valence-electron chi connectivity index (χ0n) is 12.0. The number of carbonyl (C=O) groups is 1. The van der Waals surface area contributed by atoms with Crippen molar-refractivity contribution in [3.05, 3.63) is 35.9 Å². The molecule has 1 aliphatic heterocycles. The number of nitrogens with one attached hydrogen (secondary N) is 2. The molecule has 1 aromatic rings. The van der Waals surface area contributed by atoms with Gasteiger partial charge in [0.1, 0.15) is 0 Å². The highest BCUT2D eigenvalue weighted by Gasteiger charge is 2.27. The van der Waals surface area contributed by atoms with E-state index in [0.717, 1.165) is 25.1 Å². The molecular formula is C15H23ClN2O2. The van der Waals surface area contributed by atoms with E-state index in [-0.39, 0.29) is 24.4 Å². The van der Waals surface area contributed by atoms with Crippen LogP contribution in [0.25, 0.3) is 0 Å². The average Bonchev–Trinajstić information content (AvgIpc) is 2.43. The summed E-state index contributed by atoms with van der Waals surface area (Å²) in [4.78, 5) is 12.3. The van der Waals surface area contributed by atoms with Gasteiger partial charge in [-0.05, 0) is 31.0 Å². The Bertz CT molecular complexity index is 414. The lowest BCUT2D eigenvalue weighted by molar-refractivity contribution is -0.132. The van der Waals surface area contributed by atoms with Crippen LogP contribution in [0.4, 0.5) is 0 Å². The molecule has 0 bridgehead atoms. The Hall–Kier alpha value is -1.10. The van der Waals surface area contributed by atoms with E-state index in [2.05, 4.69) is 17.6 Å². The summed E-state index contributed by atoms with van der Waals surface area (Å²) in [6, 6.07) is 9.83. The third-order valence-corrected chi connectivity index (χ3v) is 3.69. The van der Waals surface area contributed by atoms with E-state index in [0.29, 0.717) is 5.92 Å². The maximum atomic E-state index is 12.3. The molecule has 0 saturated carbocycles. The fraction of sp³-hybridized carbons (Fsp3) is 0.533. The van der Waals surface area contributed by atoms with Gasteiger partial charge in [0, 0.05) is 13.2 Å². The molecule has 1 saturated heterocycles. The van der Waals surface area contributed by atoms with Crippen LogP contribution in [0.3, 0.4) is 0 Å². The number of hydrogen-bond acceptors (Lipinski definition) is 3. The predicted molar refractivity (Wildman–Crippen MR) is 82.0 cm³/mol. The normalized spacial score (nSPS) is 23.5. The van der Waals surface area contributed by atoms with Gasteiger partial charge in [-0.3, -0.25) is 4.79 Å². The number of carbonyl (C=O) groups excluding carboxylic acids is 1. The number of amides is 1. The van der Waals surface area contributed by atoms with Crippen LogP contribution in [0.5, 0.6) is 0 Å². The van der Waals surface area contributed by atoms with E-state index in [1.807, 2.05) is 30.3 Å². The van der Waals surface area contributed by atoms with E-state index in [4.69, 9.17) is 4.74 Å². The van der Waals surface area contributed by atoms with Crippen LogP contribution < -0.4 is 10.6 Å². The second-order valence-electron chi connectivity index (χ2n) is 5.11. The van der Waals surface area contributed by atoms with Crippen LogP contribution in [-0.4, -0.2) is 32.1 Å². The van der Waals surface area contributed by atoms with Gasteiger partial charge in [-0.25, -0.2) is 0 Å². The number of piperidine rings is 1. The van der Waals surface area contributed by atoms with E-state index < -0.39 is 6.10 Å². The monoisotopic (exact) mass is 298 g/mol. The van der Waals surface area contributed by atoms with Crippen molar-refractivity contribution in [2.45, 2.75) is 25.5 Å². The minimum absolute atomic E-state index is 0. The van der Waals surface area contributed by atoms with Crippen molar-refractivity contribution < 1.29 is 9.53 Å². The minimum atomic E-state index is -0.525. The maximum absolute atomic E-state index is 12.3. The SMILES string of the molecule is COC(C(=O)NC1CCNCC1C)c1ccccc1.Cl. The Labute approximate surface area is 126 Å². The van der Waals surface area contributed by atoms with Crippen molar-refractivity contribution in [1.29, 1.82) is 0 Å². The van der Waals surface area contributed by atoms with Gasteiger partial charge >= 0.3 is 0 Å². The van der Waals surface area contributed by atoms with Gasteiger partial charge in [-0.2, -0.15) is 0 Å². The van der Waals surface area contributed by atoms with Crippen LogP contribution in [-0.2, 0) is 9.53 Å². The van der Waals surface area contributed by atoms with Gasteiger partial charge in [-0.15, -0.1) is 12.4 Å². The number of halogens is 1. The first-order chi connectivity index (χ1) is 9.22. The molecule has 2 N–H and O–H groups in total. The van der Waals surface area contributed by atoms with Crippen molar-refractivity contribution in [2.24, 2.45) is 5.92 Å². The summed E-state index contributed by atoms with van der Waals surface area (Å²) in [6.45, 7) is 4.06. The third kappa shape index (κ3) is 4.20. The van der Waals surface area contributed by atoms with Crippen LogP contribution in [0.2, 0.25) is 0 Å². The van der Waals surface area contributed by atoms with E-state index in [1.54, 1.807) is 7.11 Å². The first-order valence-corrected chi connectivity index (χ1v) is 6.81. The molecule has 0 radical (unpaired) electrons. The Morgan fingerprint density at radius 1 is 1.40 bits per heavy atom. The molecule has 3 atom stereocenters. The van der Waals surface area contributed by atoms with Crippen LogP contribution >= 0.6 is 12.4 Å². The van der Waals surface area contributed by atoms with E-state index >= 15 is 0 Å². The molecule has 5 heteroatoms. The molecule has 0 spiro atoms. The van der Waals surface area contributed by atoms with Crippen molar-refractivity contribution >= 4 is 18.3 Å². The fourth-order valence-corrected chi connectivity index (χ4v) is 2.51. The van der Waals surface area contributed by atoms with Crippen molar-refractivity contribution in [3.63, 3.8) is 0 Å². The first kappa shape index (κ1) is 17.0. The largest absolute Gasteiger partial charge is 0.367 e. The highest BCUT2D eigenvalue weighted by Crippen LogP contribution is 2.18. The summed E-state index contributed by atoms with van der Waals surface area (Å²) in [5, 5.41) is 6.44. The topological polar surface area (TPSA) is 50.4 Å². The summed E-state index contributed by atoms with van der Waals surface area (Å²) >= 11 is 0. The number of benzene rings is 1. The lowest BCUT2D eigenvalue weighted by Gasteiger charge is -2.31. The molecule has 1 heterocycles. The zero-order chi connectivity index (χ0) is 13.7. The Morgan fingerprint density at radius 3 is 2.70 bits per heavy atom. The van der Waals surface area contributed by atoms with Gasteiger partial charge in [0.25, 0.3) is 5.91 Å². The molecule has 1 aromatic carbocycles. The van der Waals surface area contributed by atoms with Gasteiger partial charge in [-0.1, -0.05) is 37.3 Å². The number of hydrogen-bond donors (Lipinski definition) is 2. The van der Waals surface area contributed by atoms with Gasteiger partial charge in [0.15, 0.2) is 6.10 Å². The van der Waals surface area contributed by atoms with Gasteiger partial charge < -0.3 is 15.4 Å². The molecule has 1 aliphatic rings. The summed E-state index contributed by atoms with van der Waals surface area (Å²) in [7, 11) is 1.57. The molecule has 1 amide bonds.